The number of carbonyl (C=O) groups is 1. The molecule has 0 unspecified atom stereocenters. The molecule has 1 fully saturated rings. The number of piperazine rings is 1. The number of benzene rings is 1. The summed E-state index contributed by atoms with van der Waals surface area (Å²) in [5.74, 6) is -0.436. The molecule has 12 heteroatoms. The highest BCUT2D eigenvalue weighted by Crippen LogP contribution is 2.37. The topological polar surface area (TPSA) is 97.1 Å². The van der Waals surface area contributed by atoms with E-state index in [1.54, 1.807) is 29.2 Å². The number of anilines is 1. The summed E-state index contributed by atoms with van der Waals surface area (Å²) in [5.41, 5.74) is 1.83. The maximum absolute atomic E-state index is 15.1. The first-order chi connectivity index (χ1) is 20.8. The number of hydrogen-bond donors (Lipinski definition) is 0. The Morgan fingerprint density at radius 2 is 1.68 bits per heavy atom. The molecule has 0 spiro atoms. The van der Waals surface area contributed by atoms with Crippen molar-refractivity contribution < 1.29 is 9.18 Å². The van der Waals surface area contributed by atoms with Crippen LogP contribution in [0, 0.1) is 5.82 Å². The molecule has 3 aromatic heterocycles. The first-order valence-electron chi connectivity index (χ1n) is 14.5. The summed E-state index contributed by atoms with van der Waals surface area (Å²) >= 11 is 10.3. The van der Waals surface area contributed by atoms with E-state index in [1.165, 1.54) is 16.7 Å². The first-order valence-corrected chi connectivity index (χ1v) is 15.7. The second kappa shape index (κ2) is 12.4. The fourth-order valence-electron chi connectivity index (χ4n) is 5.71. The zero-order valence-corrected chi connectivity index (χ0v) is 27.8. The van der Waals surface area contributed by atoms with Gasteiger partial charge in [0.2, 0.25) is 5.91 Å². The molecule has 1 aliphatic rings. The highest BCUT2D eigenvalue weighted by Gasteiger charge is 2.34. The third-order valence-corrected chi connectivity index (χ3v) is 8.52. The summed E-state index contributed by atoms with van der Waals surface area (Å²) < 4.78 is 16.9. The largest absolute Gasteiger partial charge is 0.355 e. The SMILES string of the molecule is C=CC(=O)N1C[C@H](C)N(c2nc(=O)n(-c3c(C(C)C)nc(Br)nc3C(C)C)c3nc(-c4ccccc4F)c(Cl)cc23)C[C@H]1C. The predicted molar refractivity (Wildman–Crippen MR) is 175 cm³/mol. The van der Waals surface area contributed by atoms with Crippen LogP contribution in [0.5, 0.6) is 0 Å². The summed E-state index contributed by atoms with van der Waals surface area (Å²) in [6.45, 7) is 16.3. The van der Waals surface area contributed by atoms with Crippen LogP contribution in [0.15, 0.2) is 52.5 Å². The summed E-state index contributed by atoms with van der Waals surface area (Å²) in [6, 6.07) is 7.54. The molecule has 0 bridgehead atoms. The van der Waals surface area contributed by atoms with Crippen molar-refractivity contribution in [3.8, 4) is 16.9 Å². The van der Waals surface area contributed by atoms with Crippen LogP contribution in [0.25, 0.3) is 28.0 Å². The zero-order chi connectivity index (χ0) is 32.0. The van der Waals surface area contributed by atoms with Crippen LogP contribution in [0.3, 0.4) is 0 Å². The molecule has 5 rings (SSSR count). The van der Waals surface area contributed by atoms with Gasteiger partial charge in [-0.3, -0.25) is 4.79 Å². The van der Waals surface area contributed by atoms with Crippen LogP contribution in [0.2, 0.25) is 5.02 Å². The number of rotatable bonds is 6. The van der Waals surface area contributed by atoms with Gasteiger partial charge in [-0.2, -0.15) is 4.98 Å². The van der Waals surface area contributed by atoms with Crippen molar-refractivity contribution in [1.82, 2.24) is 29.4 Å². The molecule has 0 N–H and O–H groups in total. The summed E-state index contributed by atoms with van der Waals surface area (Å²) in [5, 5.41) is 0.710. The lowest BCUT2D eigenvalue weighted by Crippen LogP contribution is -2.58. The lowest BCUT2D eigenvalue weighted by Gasteiger charge is -2.44. The van der Waals surface area contributed by atoms with E-state index in [0.717, 1.165) is 0 Å². The Morgan fingerprint density at radius 1 is 1.05 bits per heavy atom. The average molecular weight is 683 g/mol. The Kier molecular flexibility index (Phi) is 8.91. The molecule has 4 heterocycles. The number of nitrogens with zero attached hydrogens (tertiary/aromatic N) is 7. The summed E-state index contributed by atoms with van der Waals surface area (Å²) in [4.78, 5) is 49.4. The zero-order valence-electron chi connectivity index (χ0n) is 25.5. The van der Waals surface area contributed by atoms with Crippen molar-refractivity contribution in [3.63, 3.8) is 0 Å². The Hall–Kier alpha value is -3.70. The van der Waals surface area contributed by atoms with Crippen molar-refractivity contribution in [3.05, 3.63) is 80.4 Å². The number of carbonyl (C=O) groups excluding carboxylic acids is 1. The Balaban J connectivity index is 1.87. The van der Waals surface area contributed by atoms with Gasteiger partial charge < -0.3 is 9.80 Å². The van der Waals surface area contributed by atoms with Crippen LogP contribution in [-0.4, -0.2) is 60.5 Å². The molecule has 9 nitrogen and oxygen atoms in total. The molecule has 1 saturated heterocycles. The van der Waals surface area contributed by atoms with E-state index in [2.05, 4.69) is 37.5 Å². The number of hydrogen-bond acceptors (Lipinski definition) is 7. The van der Waals surface area contributed by atoms with E-state index in [9.17, 15) is 9.59 Å². The Morgan fingerprint density at radius 3 is 2.27 bits per heavy atom. The smallest absolute Gasteiger partial charge is 0.349 e. The lowest BCUT2D eigenvalue weighted by molar-refractivity contribution is -0.128. The maximum atomic E-state index is 15.1. The summed E-state index contributed by atoms with van der Waals surface area (Å²) in [6.07, 6.45) is 1.31. The fraction of sp³-hybridized carbons (Fsp3) is 0.375. The van der Waals surface area contributed by atoms with E-state index in [-0.39, 0.29) is 51.8 Å². The fourth-order valence-corrected chi connectivity index (χ4v) is 6.34. The lowest BCUT2D eigenvalue weighted by atomic mass is 10.0. The first kappa shape index (κ1) is 31.7. The molecule has 4 aromatic rings. The Bertz CT molecular complexity index is 1810. The molecule has 0 radical (unpaired) electrons. The molecular weight excluding hydrogens is 649 g/mol. The van der Waals surface area contributed by atoms with E-state index >= 15 is 4.39 Å². The summed E-state index contributed by atoms with van der Waals surface area (Å²) in [7, 11) is 0. The van der Waals surface area contributed by atoms with Crippen molar-refractivity contribution in [2.45, 2.75) is 65.5 Å². The normalized spacial score (nSPS) is 17.2. The highest BCUT2D eigenvalue weighted by molar-refractivity contribution is 9.10. The van der Waals surface area contributed by atoms with Gasteiger partial charge >= 0.3 is 5.69 Å². The highest BCUT2D eigenvalue weighted by atomic mass is 79.9. The monoisotopic (exact) mass is 681 g/mol. The molecule has 1 aromatic carbocycles. The molecule has 44 heavy (non-hydrogen) atoms. The molecular formula is C32H34BrClFN7O2. The molecule has 1 aliphatic heterocycles. The van der Waals surface area contributed by atoms with Crippen LogP contribution in [-0.2, 0) is 4.79 Å². The minimum atomic E-state index is -0.582. The average Bonchev–Trinajstić information content (AvgIpc) is 2.97. The van der Waals surface area contributed by atoms with Gasteiger partial charge in [0.25, 0.3) is 0 Å². The number of aromatic nitrogens is 5. The van der Waals surface area contributed by atoms with Crippen molar-refractivity contribution >= 4 is 50.3 Å². The van der Waals surface area contributed by atoms with E-state index < -0.39 is 11.5 Å². The molecule has 230 valence electrons. The van der Waals surface area contributed by atoms with Crippen LogP contribution < -0.4 is 10.6 Å². The van der Waals surface area contributed by atoms with E-state index in [1.807, 2.05) is 46.4 Å². The second-order valence-corrected chi connectivity index (χ2v) is 12.8. The van der Waals surface area contributed by atoms with Crippen LogP contribution in [0.1, 0.15) is 64.8 Å². The van der Waals surface area contributed by atoms with Gasteiger partial charge in [0, 0.05) is 30.7 Å². The van der Waals surface area contributed by atoms with E-state index in [4.69, 9.17) is 16.6 Å². The van der Waals surface area contributed by atoms with Crippen molar-refractivity contribution in [1.29, 1.82) is 0 Å². The third-order valence-electron chi connectivity index (χ3n) is 7.87. The standard InChI is InChI=1S/C32H34BrClFN7O2/c1-8-24(43)40-14-19(7)41(15-18(40)6)29-21-13-22(34)27(20-11-9-10-12-23(20)35)36-30(21)42(32(44)39-29)28-25(16(2)3)37-31(33)38-26(28)17(4)5/h8-13,16-19H,1,14-15H2,2-7H3/t18-,19+/m1/s1. The second-order valence-electron chi connectivity index (χ2n) is 11.7. The van der Waals surface area contributed by atoms with Crippen molar-refractivity contribution in [2.24, 2.45) is 0 Å². The quantitative estimate of drug-likeness (QED) is 0.166. The minimum absolute atomic E-state index is 0.0851. The molecule has 0 saturated carbocycles. The van der Waals surface area contributed by atoms with Gasteiger partial charge in [0.1, 0.15) is 11.6 Å². The maximum Gasteiger partial charge on any atom is 0.355 e. The number of amides is 1. The number of fused-ring (bicyclic) bond motifs is 1. The number of pyridine rings is 1. The van der Waals surface area contributed by atoms with Gasteiger partial charge in [-0.1, -0.05) is 58.0 Å². The predicted octanol–water partition coefficient (Wildman–Crippen LogP) is 6.65. The molecule has 0 aliphatic carbocycles. The van der Waals surface area contributed by atoms with E-state index in [0.29, 0.717) is 46.1 Å². The van der Waals surface area contributed by atoms with Gasteiger partial charge in [-0.15, -0.1) is 0 Å². The van der Waals surface area contributed by atoms with Gasteiger partial charge in [0.05, 0.1) is 33.2 Å². The van der Waals surface area contributed by atoms with Gasteiger partial charge in [0.15, 0.2) is 10.4 Å². The van der Waals surface area contributed by atoms with Crippen LogP contribution >= 0.6 is 27.5 Å². The van der Waals surface area contributed by atoms with Gasteiger partial charge in [-0.05, 0) is 65.9 Å². The van der Waals surface area contributed by atoms with Crippen LogP contribution in [0.4, 0.5) is 10.2 Å². The molecule has 2 atom stereocenters. The third kappa shape index (κ3) is 5.63. The number of halogens is 3. The van der Waals surface area contributed by atoms with Gasteiger partial charge in [-0.25, -0.2) is 28.7 Å². The van der Waals surface area contributed by atoms with Crippen molar-refractivity contribution in [2.75, 3.05) is 18.0 Å². The Labute approximate surface area is 268 Å². The molecule has 1 amide bonds. The minimum Gasteiger partial charge on any atom is -0.349 e.